The van der Waals surface area contributed by atoms with E-state index in [1.165, 1.54) is 18.9 Å². The Balaban J connectivity index is 0.00000162. The zero-order chi connectivity index (χ0) is 12.1. The minimum atomic E-state index is -0.194. The zero-order valence-corrected chi connectivity index (χ0v) is 12.9. The van der Waals surface area contributed by atoms with E-state index in [1.54, 1.807) is 19.2 Å². The monoisotopic (exact) mass is 363 g/mol. The fourth-order valence-corrected chi connectivity index (χ4v) is 2.09. The van der Waals surface area contributed by atoms with Gasteiger partial charge in [0.2, 0.25) is 0 Å². The van der Waals surface area contributed by atoms with Crippen LogP contribution in [0.15, 0.2) is 29.3 Å². The minimum Gasteiger partial charge on any atom is -0.352 e. The molecule has 1 N–H and O–H groups in total. The van der Waals surface area contributed by atoms with Crippen LogP contribution in [0.2, 0.25) is 0 Å². The van der Waals surface area contributed by atoms with Crippen LogP contribution in [0.5, 0.6) is 0 Å². The second kappa shape index (κ2) is 7.56. The topological polar surface area (TPSA) is 27.6 Å². The summed E-state index contributed by atoms with van der Waals surface area (Å²) in [5.74, 6) is 0.715. The maximum Gasteiger partial charge on any atom is 0.193 e. The Morgan fingerprint density at radius 2 is 2.11 bits per heavy atom. The molecule has 2 rings (SSSR count). The molecule has 1 aromatic rings. The summed E-state index contributed by atoms with van der Waals surface area (Å²) in [6.07, 6.45) is 2.45. The molecule has 1 aromatic carbocycles. The van der Waals surface area contributed by atoms with Gasteiger partial charge in [0.15, 0.2) is 5.96 Å². The molecule has 1 aliphatic rings. The van der Waals surface area contributed by atoms with Crippen LogP contribution < -0.4 is 5.32 Å². The van der Waals surface area contributed by atoms with Gasteiger partial charge in [0.05, 0.1) is 0 Å². The highest BCUT2D eigenvalue weighted by Gasteiger charge is 2.15. The van der Waals surface area contributed by atoms with Gasteiger partial charge in [0.25, 0.3) is 0 Å². The van der Waals surface area contributed by atoms with E-state index in [2.05, 4.69) is 15.2 Å². The summed E-state index contributed by atoms with van der Waals surface area (Å²) < 4.78 is 13.0. The zero-order valence-electron chi connectivity index (χ0n) is 10.5. The van der Waals surface area contributed by atoms with Gasteiger partial charge in [-0.25, -0.2) is 4.39 Å². The van der Waals surface area contributed by atoms with Gasteiger partial charge in [-0.15, -0.1) is 24.0 Å². The Labute approximate surface area is 124 Å². The summed E-state index contributed by atoms with van der Waals surface area (Å²) in [6, 6.07) is 6.64. The quantitative estimate of drug-likeness (QED) is 0.497. The van der Waals surface area contributed by atoms with E-state index >= 15 is 0 Å². The molecule has 1 heterocycles. The maximum atomic E-state index is 13.0. The molecule has 1 aliphatic heterocycles. The predicted octanol–water partition coefficient (Wildman–Crippen LogP) is 2.61. The first-order chi connectivity index (χ1) is 8.29. The third-order valence-corrected chi connectivity index (χ3v) is 2.96. The molecule has 0 amide bonds. The van der Waals surface area contributed by atoms with Crippen molar-refractivity contribution >= 4 is 29.9 Å². The second-order valence-electron chi connectivity index (χ2n) is 4.22. The lowest BCUT2D eigenvalue weighted by Gasteiger charge is -2.20. The Morgan fingerprint density at radius 1 is 1.39 bits per heavy atom. The molecule has 0 aliphatic carbocycles. The average Bonchev–Trinajstić information content (AvgIpc) is 2.84. The lowest BCUT2D eigenvalue weighted by Crippen LogP contribution is -2.39. The summed E-state index contributed by atoms with van der Waals surface area (Å²) in [4.78, 5) is 6.48. The lowest BCUT2D eigenvalue weighted by atomic mass is 10.2. The van der Waals surface area contributed by atoms with E-state index in [4.69, 9.17) is 0 Å². The number of likely N-dealkylation sites (tertiary alicyclic amines) is 1. The Morgan fingerprint density at radius 3 is 2.72 bits per heavy atom. The van der Waals surface area contributed by atoms with Crippen molar-refractivity contribution in [3.8, 4) is 0 Å². The molecule has 18 heavy (non-hydrogen) atoms. The van der Waals surface area contributed by atoms with Gasteiger partial charge < -0.3 is 10.2 Å². The van der Waals surface area contributed by atoms with E-state index in [-0.39, 0.29) is 29.8 Å². The van der Waals surface area contributed by atoms with Crippen molar-refractivity contribution in [3.63, 3.8) is 0 Å². The van der Waals surface area contributed by atoms with Crippen molar-refractivity contribution in [1.82, 2.24) is 10.2 Å². The van der Waals surface area contributed by atoms with Crippen LogP contribution in [0.3, 0.4) is 0 Å². The molecule has 0 spiro atoms. The summed E-state index contributed by atoms with van der Waals surface area (Å²) in [5.41, 5.74) is 0.936. The Hall–Kier alpha value is -0.850. The van der Waals surface area contributed by atoms with Crippen LogP contribution in [0.1, 0.15) is 18.4 Å². The Kier molecular flexibility index (Phi) is 6.38. The number of guanidine groups is 1. The highest BCUT2D eigenvalue weighted by molar-refractivity contribution is 14.0. The van der Waals surface area contributed by atoms with Gasteiger partial charge in [-0.3, -0.25) is 4.99 Å². The summed E-state index contributed by atoms with van der Waals surface area (Å²) in [5, 5.41) is 3.26. The fourth-order valence-electron chi connectivity index (χ4n) is 2.09. The van der Waals surface area contributed by atoms with Gasteiger partial charge >= 0.3 is 0 Å². The van der Waals surface area contributed by atoms with Crippen LogP contribution in [0, 0.1) is 5.82 Å². The van der Waals surface area contributed by atoms with Crippen molar-refractivity contribution in [2.45, 2.75) is 19.4 Å². The van der Waals surface area contributed by atoms with Crippen molar-refractivity contribution in [3.05, 3.63) is 35.6 Å². The number of hydrogen-bond acceptors (Lipinski definition) is 1. The molecule has 5 heteroatoms. The van der Waals surface area contributed by atoms with E-state index in [9.17, 15) is 4.39 Å². The average molecular weight is 363 g/mol. The molecule has 1 saturated heterocycles. The Bertz CT molecular complexity index is 403. The third kappa shape index (κ3) is 4.12. The number of aliphatic imine (C=N–C) groups is 1. The molecule has 0 bridgehead atoms. The largest absolute Gasteiger partial charge is 0.352 e. The summed E-state index contributed by atoms with van der Waals surface area (Å²) in [7, 11) is 1.78. The van der Waals surface area contributed by atoms with Crippen LogP contribution in [0.4, 0.5) is 4.39 Å². The van der Waals surface area contributed by atoms with Crippen LogP contribution in [-0.2, 0) is 6.54 Å². The smallest absolute Gasteiger partial charge is 0.193 e. The SMILES string of the molecule is CN=C(NCc1cccc(F)c1)N1CCCC1.I. The second-order valence-corrected chi connectivity index (χ2v) is 4.22. The van der Waals surface area contributed by atoms with Gasteiger partial charge in [0.1, 0.15) is 5.82 Å². The van der Waals surface area contributed by atoms with Gasteiger partial charge in [0, 0.05) is 26.7 Å². The van der Waals surface area contributed by atoms with E-state index < -0.39 is 0 Å². The van der Waals surface area contributed by atoms with Crippen molar-refractivity contribution < 1.29 is 4.39 Å². The first-order valence-corrected chi connectivity index (χ1v) is 5.99. The van der Waals surface area contributed by atoms with Crippen LogP contribution >= 0.6 is 24.0 Å². The van der Waals surface area contributed by atoms with Crippen LogP contribution in [-0.4, -0.2) is 31.0 Å². The van der Waals surface area contributed by atoms with Gasteiger partial charge in [-0.2, -0.15) is 0 Å². The molecule has 0 saturated carbocycles. The van der Waals surface area contributed by atoms with Crippen molar-refractivity contribution in [1.29, 1.82) is 0 Å². The lowest BCUT2D eigenvalue weighted by molar-refractivity contribution is 0.493. The standard InChI is InChI=1S/C13H18FN3.HI/c1-15-13(17-7-2-3-8-17)16-10-11-5-4-6-12(14)9-11;/h4-6,9H,2-3,7-8,10H2,1H3,(H,15,16);1H. The molecule has 100 valence electrons. The number of rotatable bonds is 2. The molecular weight excluding hydrogens is 344 g/mol. The minimum absolute atomic E-state index is 0. The van der Waals surface area contributed by atoms with E-state index in [1.807, 2.05) is 6.07 Å². The highest BCUT2D eigenvalue weighted by atomic mass is 127. The normalized spacial score (nSPS) is 15.4. The molecule has 0 unspecified atom stereocenters. The van der Waals surface area contributed by atoms with Gasteiger partial charge in [-0.1, -0.05) is 12.1 Å². The molecular formula is C13H19FIN3. The molecule has 0 aromatic heterocycles. The third-order valence-electron chi connectivity index (χ3n) is 2.96. The molecule has 0 atom stereocenters. The fraction of sp³-hybridized carbons (Fsp3) is 0.462. The maximum absolute atomic E-state index is 13.0. The molecule has 1 fully saturated rings. The van der Waals surface area contributed by atoms with Gasteiger partial charge in [-0.05, 0) is 30.5 Å². The number of halogens is 2. The number of hydrogen-bond donors (Lipinski definition) is 1. The highest BCUT2D eigenvalue weighted by Crippen LogP contribution is 2.08. The summed E-state index contributed by atoms with van der Waals surface area (Å²) in [6.45, 7) is 2.73. The van der Waals surface area contributed by atoms with Crippen molar-refractivity contribution in [2.75, 3.05) is 20.1 Å². The van der Waals surface area contributed by atoms with E-state index in [0.29, 0.717) is 6.54 Å². The number of nitrogens with one attached hydrogen (secondary N) is 1. The van der Waals surface area contributed by atoms with E-state index in [0.717, 1.165) is 24.6 Å². The summed E-state index contributed by atoms with van der Waals surface area (Å²) >= 11 is 0. The van der Waals surface area contributed by atoms with Crippen molar-refractivity contribution in [2.24, 2.45) is 4.99 Å². The number of benzene rings is 1. The molecule has 3 nitrogen and oxygen atoms in total. The van der Waals surface area contributed by atoms with Crippen LogP contribution in [0.25, 0.3) is 0 Å². The first-order valence-electron chi connectivity index (χ1n) is 5.99. The number of nitrogens with zero attached hydrogens (tertiary/aromatic N) is 2. The molecule has 0 radical (unpaired) electrons. The first kappa shape index (κ1) is 15.2. The predicted molar refractivity (Wildman–Crippen MR) is 82.8 cm³/mol.